The van der Waals surface area contributed by atoms with Crippen LogP contribution in [0.25, 0.3) is 33.6 Å². The van der Waals surface area contributed by atoms with Crippen molar-refractivity contribution in [2.75, 3.05) is 11.1 Å². The van der Waals surface area contributed by atoms with E-state index in [-0.39, 0.29) is 11.7 Å². The van der Waals surface area contributed by atoms with Gasteiger partial charge in [-0.2, -0.15) is 0 Å². The van der Waals surface area contributed by atoms with E-state index in [1.54, 1.807) is 0 Å². The molecule has 1 amide bonds. The third kappa shape index (κ3) is 5.10. The maximum absolute atomic E-state index is 12.5. The van der Waals surface area contributed by atoms with E-state index in [9.17, 15) is 4.79 Å². The predicted octanol–water partition coefficient (Wildman–Crippen LogP) is 6.61. The number of nitrogens with one attached hydrogen (secondary N) is 1. The molecular weight excluding hydrogens is 456 g/mol. The molecule has 3 aromatic carbocycles. The number of rotatable bonds is 6. The van der Waals surface area contributed by atoms with Gasteiger partial charge in [0.25, 0.3) is 5.22 Å². The van der Waals surface area contributed by atoms with Gasteiger partial charge < -0.3 is 9.73 Å². The van der Waals surface area contributed by atoms with Crippen molar-refractivity contribution < 1.29 is 9.21 Å². The molecule has 6 nitrogen and oxygen atoms in total. The molecule has 174 valence electrons. The molecule has 0 aliphatic rings. The molecule has 0 saturated carbocycles. The van der Waals surface area contributed by atoms with Crippen molar-refractivity contribution in [3.63, 3.8) is 0 Å². The average molecular weight is 481 g/mol. The lowest BCUT2D eigenvalue weighted by Gasteiger charge is -2.08. The number of amides is 1. The van der Waals surface area contributed by atoms with Crippen LogP contribution in [0.15, 0.2) is 82.4 Å². The third-order valence-corrected chi connectivity index (χ3v) is 6.50. The monoisotopic (exact) mass is 480 g/mol. The molecule has 0 atom stereocenters. The van der Waals surface area contributed by atoms with Crippen LogP contribution in [0.1, 0.15) is 16.7 Å². The van der Waals surface area contributed by atoms with Crippen LogP contribution in [0, 0.1) is 20.8 Å². The summed E-state index contributed by atoms with van der Waals surface area (Å²) in [6, 6.07) is 24.0. The van der Waals surface area contributed by atoms with E-state index < -0.39 is 0 Å². The Labute approximate surface area is 207 Å². The SMILES string of the molecule is Cc1ccc(-c2cc(-c3nnc(SCC(=O)Nc4ccc(C)cc4C)o3)c3ccccc3n2)cc1. The topological polar surface area (TPSA) is 80.9 Å². The average Bonchev–Trinajstić information content (AvgIpc) is 3.33. The summed E-state index contributed by atoms with van der Waals surface area (Å²) in [4.78, 5) is 17.3. The van der Waals surface area contributed by atoms with Gasteiger partial charge >= 0.3 is 0 Å². The number of fused-ring (bicyclic) bond motifs is 1. The van der Waals surface area contributed by atoms with Gasteiger partial charge in [-0.15, -0.1) is 10.2 Å². The molecule has 0 aliphatic carbocycles. The summed E-state index contributed by atoms with van der Waals surface area (Å²) in [6.07, 6.45) is 0. The zero-order valence-electron chi connectivity index (χ0n) is 19.7. The van der Waals surface area contributed by atoms with E-state index in [1.807, 2.05) is 62.4 Å². The lowest BCUT2D eigenvalue weighted by Crippen LogP contribution is -2.14. The Kier molecular flexibility index (Phi) is 6.33. The number of thioether (sulfide) groups is 1. The molecular formula is C28H24N4O2S. The van der Waals surface area contributed by atoms with Crippen molar-refractivity contribution in [1.29, 1.82) is 0 Å². The molecule has 0 spiro atoms. The van der Waals surface area contributed by atoms with Gasteiger partial charge in [-0.1, -0.05) is 77.5 Å². The van der Waals surface area contributed by atoms with E-state index in [2.05, 4.69) is 46.7 Å². The number of hydrogen-bond donors (Lipinski definition) is 1. The molecule has 5 rings (SSSR count). The van der Waals surface area contributed by atoms with Gasteiger partial charge in [0.1, 0.15) is 0 Å². The van der Waals surface area contributed by atoms with Crippen molar-refractivity contribution in [3.05, 3.63) is 89.5 Å². The van der Waals surface area contributed by atoms with Crippen molar-refractivity contribution >= 4 is 34.3 Å². The molecule has 0 radical (unpaired) electrons. The first-order valence-electron chi connectivity index (χ1n) is 11.3. The zero-order chi connectivity index (χ0) is 24.4. The van der Waals surface area contributed by atoms with E-state index >= 15 is 0 Å². The Morgan fingerprint density at radius 3 is 2.49 bits per heavy atom. The predicted molar refractivity (Wildman–Crippen MR) is 140 cm³/mol. The normalized spacial score (nSPS) is 11.1. The smallest absolute Gasteiger partial charge is 0.277 e. The number of aromatic nitrogens is 3. The van der Waals surface area contributed by atoms with Gasteiger partial charge in [-0.05, 0) is 44.5 Å². The molecule has 7 heteroatoms. The molecule has 5 aromatic rings. The fourth-order valence-corrected chi connectivity index (χ4v) is 4.43. The second-order valence-corrected chi connectivity index (χ2v) is 9.39. The summed E-state index contributed by atoms with van der Waals surface area (Å²) in [5.41, 5.74) is 7.68. The summed E-state index contributed by atoms with van der Waals surface area (Å²) in [5.74, 6) is 0.438. The van der Waals surface area contributed by atoms with E-state index in [4.69, 9.17) is 9.40 Å². The number of para-hydroxylation sites is 1. The summed E-state index contributed by atoms with van der Waals surface area (Å²) in [6.45, 7) is 6.06. The van der Waals surface area contributed by atoms with E-state index in [0.29, 0.717) is 11.1 Å². The van der Waals surface area contributed by atoms with Gasteiger partial charge in [0.15, 0.2) is 0 Å². The highest BCUT2D eigenvalue weighted by Gasteiger charge is 2.16. The quantitative estimate of drug-likeness (QED) is 0.276. The van der Waals surface area contributed by atoms with Gasteiger partial charge in [0.05, 0.1) is 22.5 Å². The highest BCUT2D eigenvalue weighted by Crippen LogP contribution is 2.32. The fourth-order valence-electron chi connectivity index (χ4n) is 3.87. The molecule has 1 N–H and O–H groups in total. The van der Waals surface area contributed by atoms with Crippen LogP contribution in [0.2, 0.25) is 0 Å². The molecule has 2 heterocycles. The minimum Gasteiger partial charge on any atom is -0.411 e. The Hall–Kier alpha value is -3.97. The standard InChI is InChI=1S/C28H24N4O2S/c1-17-8-11-20(12-9-17)25-15-22(21-6-4-5-7-24(21)29-25)27-31-32-28(34-27)35-16-26(33)30-23-13-10-18(2)14-19(23)3/h4-15H,16H2,1-3H3,(H,30,33). The maximum Gasteiger partial charge on any atom is 0.277 e. The number of aryl methyl sites for hydroxylation is 3. The highest BCUT2D eigenvalue weighted by atomic mass is 32.2. The largest absolute Gasteiger partial charge is 0.411 e. The fraction of sp³-hybridized carbons (Fsp3) is 0.143. The zero-order valence-corrected chi connectivity index (χ0v) is 20.5. The molecule has 0 saturated heterocycles. The Bertz CT molecular complexity index is 1530. The first-order valence-corrected chi connectivity index (χ1v) is 12.3. The first-order chi connectivity index (χ1) is 17.0. The van der Waals surface area contributed by atoms with Crippen LogP contribution in [0.5, 0.6) is 0 Å². The lowest BCUT2D eigenvalue weighted by atomic mass is 10.0. The van der Waals surface area contributed by atoms with Crippen molar-refractivity contribution in [2.24, 2.45) is 0 Å². The Balaban J connectivity index is 1.37. The number of carbonyl (C=O) groups excluding carboxylic acids is 1. The summed E-state index contributed by atoms with van der Waals surface area (Å²) >= 11 is 1.21. The Morgan fingerprint density at radius 1 is 0.914 bits per heavy atom. The summed E-state index contributed by atoms with van der Waals surface area (Å²) in [5, 5.41) is 12.7. The van der Waals surface area contributed by atoms with Crippen LogP contribution in [0.3, 0.4) is 0 Å². The number of benzene rings is 3. The molecule has 0 bridgehead atoms. The molecule has 0 unspecified atom stereocenters. The van der Waals surface area contributed by atoms with Crippen molar-refractivity contribution in [2.45, 2.75) is 26.0 Å². The van der Waals surface area contributed by atoms with Gasteiger partial charge in [-0.25, -0.2) is 4.98 Å². The van der Waals surface area contributed by atoms with Gasteiger partial charge in [0.2, 0.25) is 11.8 Å². The number of hydrogen-bond acceptors (Lipinski definition) is 6. The van der Waals surface area contributed by atoms with Crippen LogP contribution < -0.4 is 5.32 Å². The summed E-state index contributed by atoms with van der Waals surface area (Å²) in [7, 11) is 0. The number of pyridine rings is 1. The van der Waals surface area contributed by atoms with E-state index in [1.165, 1.54) is 17.3 Å². The minimum absolute atomic E-state index is 0.127. The van der Waals surface area contributed by atoms with Crippen molar-refractivity contribution in [3.8, 4) is 22.7 Å². The van der Waals surface area contributed by atoms with Crippen LogP contribution in [-0.4, -0.2) is 26.8 Å². The maximum atomic E-state index is 12.5. The second kappa shape index (κ2) is 9.72. The van der Waals surface area contributed by atoms with E-state index in [0.717, 1.165) is 44.5 Å². The molecule has 0 aliphatic heterocycles. The van der Waals surface area contributed by atoms with Crippen LogP contribution in [0.4, 0.5) is 5.69 Å². The van der Waals surface area contributed by atoms with Gasteiger partial charge in [0, 0.05) is 16.6 Å². The number of carbonyl (C=O) groups is 1. The second-order valence-electron chi connectivity index (χ2n) is 8.47. The van der Waals surface area contributed by atoms with Gasteiger partial charge in [-0.3, -0.25) is 4.79 Å². The number of anilines is 1. The van der Waals surface area contributed by atoms with Crippen molar-refractivity contribution in [1.82, 2.24) is 15.2 Å². The summed E-state index contributed by atoms with van der Waals surface area (Å²) < 4.78 is 5.96. The minimum atomic E-state index is -0.127. The van der Waals surface area contributed by atoms with Crippen LogP contribution in [-0.2, 0) is 4.79 Å². The Morgan fingerprint density at radius 2 is 1.69 bits per heavy atom. The van der Waals surface area contributed by atoms with Crippen LogP contribution >= 0.6 is 11.8 Å². The molecule has 35 heavy (non-hydrogen) atoms. The number of nitrogens with zero attached hydrogens (tertiary/aromatic N) is 3. The lowest BCUT2D eigenvalue weighted by molar-refractivity contribution is -0.113. The highest BCUT2D eigenvalue weighted by molar-refractivity contribution is 7.99. The molecule has 0 fully saturated rings. The first kappa shape index (κ1) is 22.8. The molecule has 2 aromatic heterocycles. The third-order valence-electron chi connectivity index (χ3n) is 5.68.